The summed E-state index contributed by atoms with van der Waals surface area (Å²) in [6.45, 7) is 3.63. The van der Waals surface area contributed by atoms with Gasteiger partial charge in [0, 0.05) is 30.7 Å². The molecule has 1 atom stereocenters. The molecule has 30 heavy (non-hydrogen) atoms. The number of aromatic nitrogens is 1. The fourth-order valence-corrected chi connectivity index (χ4v) is 4.10. The van der Waals surface area contributed by atoms with Crippen molar-refractivity contribution in [3.05, 3.63) is 71.7 Å². The van der Waals surface area contributed by atoms with Crippen molar-refractivity contribution >= 4 is 22.5 Å². The van der Waals surface area contributed by atoms with Crippen molar-refractivity contribution < 1.29 is 9.18 Å². The smallest absolute Gasteiger partial charge is 0.257 e. The second kappa shape index (κ2) is 9.24. The number of rotatable bonds is 6. The van der Waals surface area contributed by atoms with Crippen LogP contribution in [0.4, 0.5) is 10.1 Å². The molecule has 0 radical (unpaired) electrons. The average Bonchev–Trinajstić information content (AvgIpc) is 2.79. The normalized spacial score (nSPS) is 15.2. The number of hydrogen-bond donors (Lipinski definition) is 1. The van der Waals surface area contributed by atoms with E-state index in [1.54, 1.807) is 12.3 Å². The van der Waals surface area contributed by atoms with Gasteiger partial charge in [-0.15, -0.1) is 0 Å². The van der Waals surface area contributed by atoms with Crippen LogP contribution in [0.25, 0.3) is 10.9 Å². The Bertz CT molecular complexity index is 1020. The summed E-state index contributed by atoms with van der Waals surface area (Å²) in [6, 6.07) is 15.0. The summed E-state index contributed by atoms with van der Waals surface area (Å²) in [5.74, 6) is -0.349. The lowest BCUT2D eigenvalue weighted by atomic mass is 10.0. The number of nitrogens with zero attached hydrogens (tertiary/aromatic N) is 2. The van der Waals surface area contributed by atoms with Gasteiger partial charge in [0.25, 0.3) is 5.91 Å². The molecule has 1 aromatic heterocycles. The first-order valence-corrected chi connectivity index (χ1v) is 10.8. The standard InChI is InChI=1S/C25H28FN3O/c1-18(10-11-19-8-4-2-5-9-19)28-24-21-16-20(26)12-13-23(21)27-17-22(24)25(30)29-14-6-3-7-15-29/h2,4-5,8-9,12-13,16-18H,3,6-7,10-11,14-15H2,1H3,(H,27,28)/t18-/m0/s1. The number of pyridine rings is 1. The second-order valence-electron chi connectivity index (χ2n) is 8.13. The molecule has 1 saturated heterocycles. The molecule has 0 unspecified atom stereocenters. The van der Waals surface area contributed by atoms with E-state index in [4.69, 9.17) is 0 Å². The number of amides is 1. The summed E-state index contributed by atoms with van der Waals surface area (Å²) in [7, 11) is 0. The van der Waals surface area contributed by atoms with E-state index in [1.807, 2.05) is 23.1 Å². The molecule has 0 spiro atoms. The molecule has 1 fully saturated rings. The van der Waals surface area contributed by atoms with Gasteiger partial charge in [-0.2, -0.15) is 0 Å². The highest BCUT2D eigenvalue weighted by Gasteiger charge is 2.23. The Balaban J connectivity index is 1.62. The van der Waals surface area contributed by atoms with Gasteiger partial charge in [-0.3, -0.25) is 9.78 Å². The molecule has 156 valence electrons. The van der Waals surface area contributed by atoms with Gasteiger partial charge in [-0.25, -0.2) is 4.39 Å². The third kappa shape index (κ3) is 4.61. The molecular weight excluding hydrogens is 377 g/mol. The van der Waals surface area contributed by atoms with E-state index in [1.165, 1.54) is 17.7 Å². The number of carbonyl (C=O) groups excluding carboxylic acids is 1. The number of aryl methyl sites for hydroxylation is 1. The summed E-state index contributed by atoms with van der Waals surface area (Å²) in [4.78, 5) is 19.6. The molecule has 0 saturated carbocycles. The topological polar surface area (TPSA) is 45.2 Å². The maximum atomic E-state index is 14.1. The van der Waals surface area contributed by atoms with Gasteiger partial charge in [0.05, 0.1) is 16.8 Å². The van der Waals surface area contributed by atoms with Gasteiger partial charge >= 0.3 is 0 Å². The first kappa shape index (κ1) is 20.3. The number of anilines is 1. The Kier molecular flexibility index (Phi) is 6.26. The predicted octanol–water partition coefficient (Wildman–Crippen LogP) is 5.43. The molecule has 2 aromatic carbocycles. The molecule has 1 amide bonds. The number of carbonyl (C=O) groups is 1. The fraction of sp³-hybridized carbons (Fsp3) is 0.360. The number of fused-ring (bicyclic) bond motifs is 1. The molecule has 3 aromatic rings. The minimum Gasteiger partial charge on any atom is -0.381 e. The molecular formula is C25H28FN3O. The molecule has 2 heterocycles. The summed E-state index contributed by atoms with van der Waals surface area (Å²) < 4.78 is 14.1. The van der Waals surface area contributed by atoms with Crippen LogP contribution >= 0.6 is 0 Å². The molecule has 1 aliphatic rings. The molecule has 0 aliphatic carbocycles. The van der Waals surface area contributed by atoms with Crippen molar-refractivity contribution in [2.24, 2.45) is 0 Å². The van der Waals surface area contributed by atoms with E-state index < -0.39 is 0 Å². The molecule has 4 nitrogen and oxygen atoms in total. The quantitative estimate of drug-likeness (QED) is 0.594. The minimum absolute atomic E-state index is 0.0221. The molecule has 4 rings (SSSR count). The first-order valence-electron chi connectivity index (χ1n) is 10.8. The van der Waals surface area contributed by atoms with E-state index >= 15 is 0 Å². The summed E-state index contributed by atoms with van der Waals surface area (Å²) >= 11 is 0. The number of halogens is 1. The van der Waals surface area contributed by atoms with Gasteiger partial charge < -0.3 is 10.2 Å². The maximum Gasteiger partial charge on any atom is 0.257 e. The van der Waals surface area contributed by atoms with E-state index in [9.17, 15) is 9.18 Å². The lowest BCUT2D eigenvalue weighted by Gasteiger charge is -2.28. The average molecular weight is 406 g/mol. The zero-order valence-electron chi connectivity index (χ0n) is 17.4. The van der Waals surface area contributed by atoms with E-state index in [0.29, 0.717) is 22.2 Å². The number of nitrogens with one attached hydrogen (secondary N) is 1. The Morgan fingerprint density at radius 1 is 1.13 bits per heavy atom. The second-order valence-corrected chi connectivity index (χ2v) is 8.13. The van der Waals surface area contributed by atoms with Crippen LogP contribution in [0.5, 0.6) is 0 Å². The van der Waals surface area contributed by atoms with Crippen LogP contribution in [0.1, 0.15) is 48.5 Å². The van der Waals surface area contributed by atoms with Crippen molar-refractivity contribution in [3.8, 4) is 0 Å². The molecule has 1 aliphatic heterocycles. The highest BCUT2D eigenvalue weighted by atomic mass is 19.1. The zero-order chi connectivity index (χ0) is 20.9. The van der Waals surface area contributed by atoms with Crippen molar-refractivity contribution in [2.75, 3.05) is 18.4 Å². The van der Waals surface area contributed by atoms with Crippen LogP contribution in [0, 0.1) is 5.82 Å². The van der Waals surface area contributed by atoms with Gasteiger partial charge in [0.2, 0.25) is 0 Å². The largest absolute Gasteiger partial charge is 0.381 e. The minimum atomic E-state index is -0.327. The number of piperidine rings is 1. The maximum absolute atomic E-state index is 14.1. The third-order valence-corrected chi connectivity index (χ3v) is 5.80. The van der Waals surface area contributed by atoms with Gasteiger partial charge in [0.15, 0.2) is 0 Å². The third-order valence-electron chi connectivity index (χ3n) is 5.80. The van der Waals surface area contributed by atoms with E-state index in [0.717, 1.165) is 45.2 Å². The number of benzene rings is 2. The summed E-state index contributed by atoms with van der Waals surface area (Å²) in [6.07, 6.45) is 6.69. The number of hydrogen-bond acceptors (Lipinski definition) is 3. The van der Waals surface area contributed by atoms with Crippen LogP contribution < -0.4 is 5.32 Å². The highest BCUT2D eigenvalue weighted by Crippen LogP contribution is 2.29. The zero-order valence-corrected chi connectivity index (χ0v) is 17.4. The van der Waals surface area contributed by atoms with Crippen molar-refractivity contribution in [1.82, 2.24) is 9.88 Å². The molecule has 1 N–H and O–H groups in total. The monoisotopic (exact) mass is 405 g/mol. The molecule has 0 bridgehead atoms. The number of likely N-dealkylation sites (tertiary alicyclic amines) is 1. The summed E-state index contributed by atoms with van der Waals surface area (Å²) in [5, 5.41) is 4.17. The van der Waals surface area contributed by atoms with Crippen LogP contribution in [0.15, 0.2) is 54.7 Å². The molecule has 5 heteroatoms. The van der Waals surface area contributed by atoms with Gasteiger partial charge in [-0.1, -0.05) is 30.3 Å². The predicted molar refractivity (Wildman–Crippen MR) is 119 cm³/mol. The van der Waals surface area contributed by atoms with Crippen LogP contribution in [0.3, 0.4) is 0 Å². The lowest BCUT2D eigenvalue weighted by molar-refractivity contribution is 0.0725. The summed E-state index contributed by atoms with van der Waals surface area (Å²) in [5.41, 5.74) is 3.18. The van der Waals surface area contributed by atoms with E-state index in [-0.39, 0.29) is 17.8 Å². The lowest BCUT2D eigenvalue weighted by Crippen LogP contribution is -2.36. The first-order chi connectivity index (χ1) is 14.6. The Labute approximate surface area is 177 Å². The Morgan fingerprint density at radius 2 is 1.90 bits per heavy atom. The van der Waals surface area contributed by atoms with Crippen LogP contribution in [-0.4, -0.2) is 34.9 Å². The van der Waals surface area contributed by atoms with Crippen LogP contribution in [-0.2, 0) is 6.42 Å². The highest BCUT2D eigenvalue weighted by molar-refractivity contribution is 6.07. The SMILES string of the molecule is C[C@@H](CCc1ccccc1)Nc1c(C(=O)N2CCCCC2)cnc2ccc(F)cc12. The van der Waals surface area contributed by atoms with Gasteiger partial charge in [0.1, 0.15) is 5.82 Å². The fourth-order valence-electron chi connectivity index (χ4n) is 4.10. The van der Waals surface area contributed by atoms with Crippen molar-refractivity contribution in [3.63, 3.8) is 0 Å². The van der Waals surface area contributed by atoms with Gasteiger partial charge in [-0.05, 0) is 62.8 Å². The van der Waals surface area contributed by atoms with Crippen molar-refractivity contribution in [1.29, 1.82) is 0 Å². The van der Waals surface area contributed by atoms with Crippen molar-refractivity contribution in [2.45, 2.75) is 45.1 Å². The van der Waals surface area contributed by atoms with Crippen LogP contribution in [0.2, 0.25) is 0 Å². The Morgan fingerprint density at radius 3 is 2.67 bits per heavy atom. The Hall–Kier alpha value is -2.95. The van der Waals surface area contributed by atoms with E-state index in [2.05, 4.69) is 29.4 Å².